The molecule has 1 radical (unpaired) electrons. The fraction of sp³-hybridized carbons (Fsp3) is 0.0833. The van der Waals surface area contributed by atoms with Gasteiger partial charge in [-0.25, -0.2) is 4.98 Å². The topological polar surface area (TPSA) is 37.6 Å². The van der Waals surface area contributed by atoms with Crippen molar-refractivity contribution in [2.75, 3.05) is 0 Å². The van der Waals surface area contributed by atoms with Gasteiger partial charge in [0.15, 0.2) is 11.7 Å². The predicted octanol–water partition coefficient (Wildman–Crippen LogP) is 2.76. The van der Waals surface area contributed by atoms with Gasteiger partial charge in [0.1, 0.15) is 0 Å². The summed E-state index contributed by atoms with van der Waals surface area (Å²) < 4.78 is 0. The molecule has 0 saturated heterocycles. The van der Waals surface area contributed by atoms with E-state index in [9.17, 15) is 0 Å². The number of hydrogen-bond acceptors (Lipinski definition) is 4. The van der Waals surface area contributed by atoms with Gasteiger partial charge in [-0.05, 0) is 5.56 Å². The fourth-order valence-corrected chi connectivity index (χ4v) is 2.10. The van der Waals surface area contributed by atoms with Gasteiger partial charge >= 0.3 is 0 Å². The summed E-state index contributed by atoms with van der Waals surface area (Å²) in [4.78, 5) is 12.6. The summed E-state index contributed by atoms with van der Waals surface area (Å²) in [5, 5.41) is 1.99. The second-order valence-electron chi connectivity index (χ2n) is 3.42. The standard InChI is InChI=1S/C12H8N3S/c1-3-10(12-13-5-6-14-12)4-2-9(1)11-7-16-8-15-11/h1-7,12H. The first-order valence-electron chi connectivity index (χ1n) is 4.90. The minimum atomic E-state index is -0.0592. The summed E-state index contributed by atoms with van der Waals surface area (Å²) in [6.07, 6.45) is 3.40. The fourth-order valence-electron chi connectivity index (χ4n) is 1.59. The van der Waals surface area contributed by atoms with Gasteiger partial charge in [-0.2, -0.15) is 0 Å². The summed E-state index contributed by atoms with van der Waals surface area (Å²) in [5.41, 5.74) is 6.02. The maximum Gasteiger partial charge on any atom is 0.165 e. The Morgan fingerprint density at radius 2 is 1.81 bits per heavy atom. The molecule has 3 nitrogen and oxygen atoms in total. The van der Waals surface area contributed by atoms with Crippen molar-refractivity contribution in [3.05, 3.63) is 40.7 Å². The van der Waals surface area contributed by atoms with E-state index in [1.54, 1.807) is 12.4 Å². The van der Waals surface area contributed by atoms with Crippen LogP contribution in [0.2, 0.25) is 0 Å². The van der Waals surface area contributed by atoms with Crippen LogP contribution >= 0.6 is 11.3 Å². The Labute approximate surface area is 97.2 Å². The van der Waals surface area contributed by atoms with E-state index in [0.29, 0.717) is 0 Å². The van der Waals surface area contributed by atoms with Gasteiger partial charge in [0.2, 0.25) is 0 Å². The molecule has 3 rings (SSSR count). The van der Waals surface area contributed by atoms with Crippen molar-refractivity contribution in [1.29, 1.82) is 0 Å². The maximum absolute atomic E-state index is 4.23. The Balaban J connectivity index is 1.90. The zero-order chi connectivity index (χ0) is 10.8. The molecule has 0 fully saturated rings. The molecule has 0 spiro atoms. The first kappa shape index (κ1) is 9.42. The largest absolute Gasteiger partial charge is 0.260 e. The summed E-state index contributed by atoms with van der Waals surface area (Å²) in [6.45, 7) is 0. The van der Waals surface area contributed by atoms with E-state index < -0.39 is 0 Å². The van der Waals surface area contributed by atoms with E-state index >= 15 is 0 Å². The van der Waals surface area contributed by atoms with Crippen LogP contribution in [0.5, 0.6) is 0 Å². The van der Waals surface area contributed by atoms with Crippen LogP contribution in [0, 0.1) is 5.51 Å². The number of benzene rings is 1. The van der Waals surface area contributed by atoms with Crippen LogP contribution in [0.1, 0.15) is 11.7 Å². The zero-order valence-electron chi connectivity index (χ0n) is 8.37. The number of aromatic nitrogens is 1. The van der Waals surface area contributed by atoms with E-state index in [1.165, 1.54) is 11.3 Å². The Morgan fingerprint density at radius 3 is 2.44 bits per heavy atom. The average molecular weight is 226 g/mol. The van der Waals surface area contributed by atoms with Crippen LogP contribution in [-0.2, 0) is 0 Å². The van der Waals surface area contributed by atoms with E-state index in [4.69, 9.17) is 0 Å². The van der Waals surface area contributed by atoms with Crippen LogP contribution in [-0.4, -0.2) is 17.4 Å². The monoisotopic (exact) mass is 226 g/mol. The lowest BCUT2D eigenvalue weighted by molar-refractivity contribution is 0.802. The van der Waals surface area contributed by atoms with Gasteiger partial charge in [0.05, 0.1) is 5.69 Å². The molecule has 0 unspecified atom stereocenters. The Bertz CT molecular complexity index is 514. The SMILES string of the molecule is [c]1nc(-c2ccc(C3N=CC=N3)cc2)cs1. The highest BCUT2D eigenvalue weighted by atomic mass is 32.1. The van der Waals surface area contributed by atoms with Crippen LogP contribution in [0.25, 0.3) is 11.3 Å². The van der Waals surface area contributed by atoms with E-state index in [1.807, 2.05) is 29.6 Å². The molecule has 1 aliphatic heterocycles. The Kier molecular flexibility index (Phi) is 2.34. The van der Waals surface area contributed by atoms with Crippen LogP contribution in [0.3, 0.4) is 0 Å². The molecule has 4 heteroatoms. The lowest BCUT2D eigenvalue weighted by Crippen LogP contribution is -1.88. The number of hydrogen-bond donors (Lipinski definition) is 0. The van der Waals surface area contributed by atoms with E-state index in [-0.39, 0.29) is 6.17 Å². The molecule has 2 aromatic rings. The van der Waals surface area contributed by atoms with Crippen molar-refractivity contribution < 1.29 is 0 Å². The highest BCUT2D eigenvalue weighted by Crippen LogP contribution is 2.24. The van der Waals surface area contributed by atoms with Gasteiger partial charge in [-0.3, -0.25) is 9.98 Å². The Hall–Kier alpha value is -1.81. The minimum Gasteiger partial charge on any atom is -0.260 e. The van der Waals surface area contributed by atoms with Gasteiger partial charge < -0.3 is 0 Å². The van der Waals surface area contributed by atoms with E-state index in [0.717, 1.165) is 16.8 Å². The molecule has 16 heavy (non-hydrogen) atoms. The van der Waals surface area contributed by atoms with Gasteiger partial charge in [0, 0.05) is 23.4 Å². The second-order valence-corrected chi connectivity index (χ2v) is 4.07. The molecule has 1 aromatic heterocycles. The normalized spacial score (nSPS) is 14.8. The quantitative estimate of drug-likeness (QED) is 0.775. The highest BCUT2D eigenvalue weighted by molar-refractivity contribution is 7.07. The molecule has 0 atom stereocenters. The molecule has 0 bridgehead atoms. The molecule has 0 N–H and O–H groups in total. The predicted molar refractivity (Wildman–Crippen MR) is 66.1 cm³/mol. The van der Waals surface area contributed by atoms with Crippen LogP contribution in [0.4, 0.5) is 0 Å². The van der Waals surface area contributed by atoms with Crippen molar-refractivity contribution in [3.8, 4) is 11.3 Å². The molecule has 1 aromatic carbocycles. The minimum absolute atomic E-state index is 0.0592. The smallest absolute Gasteiger partial charge is 0.165 e. The zero-order valence-corrected chi connectivity index (χ0v) is 9.19. The van der Waals surface area contributed by atoms with Crippen molar-refractivity contribution >= 4 is 23.8 Å². The lowest BCUT2D eigenvalue weighted by atomic mass is 10.1. The summed E-state index contributed by atoms with van der Waals surface area (Å²) >= 11 is 1.48. The number of thiazole rings is 1. The van der Waals surface area contributed by atoms with Gasteiger partial charge in [-0.15, -0.1) is 11.3 Å². The summed E-state index contributed by atoms with van der Waals surface area (Å²) in [7, 11) is 0. The third-order valence-electron chi connectivity index (χ3n) is 2.42. The molecule has 1 aliphatic rings. The summed E-state index contributed by atoms with van der Waals surface area (Å²) in [5.74, 6) is 0. The van der Waals surface area contributed by atoms with Crippen molar-refractivity contribution in [1.82, 2.24) is 4.98 Å². The average Bonchev–Trinajstić information content (AvgIpc) is 3.03. The molecule has 0 aliphatic carbocycles. The van der Waals surface area contributed by atoms with Gasteiger partial charge in [0.25, 0.3) is 0 Å². The number of nitrogens with zero attached hydrogens (tertiary/aromatic N) is 3. The van der Waals surface area contributed by atoms with Crippen LogP contribution in [0.15, 0.2) is 39.6 Å². The van der Waals surface area contributed by atoms with E-state index in [2.05, 4.69) is 20.5 Å². The van der Waals surface area contributed by atoms with Crippen molar-refractivity contribution in [2.45, 2.75) is 6.17 Å². The molecular weight excluding hydrogens is 218 g/mol. The maximum atomic E-state index is 4.23. The first-order chi connectivity index (χ1) is 7.93. The molecule has 0 saturated carbocycles. The molecular formula is C12H8N3S. The summed E-state index contributed by atoms with van der Waals surface area (Å²) in [6, 6.07) is 8.17. The highest BCUT2D eigenvalue weighted by Gasteiger charge is 2.09. The number of aliphatic imine (C=N–C) groups is 2. The van der Waals surface area contributed by atoms with Crippen molar-refractivity contribution in [3.63, 3.8) is 0 Å². The third-order valence-corrected chi connectivity index (χ3v) is 2.95. The van der Waals surface area contributed by atoms with Crippen molar-refractivity contribution in [2.24, 2.45) is 9.98 Å². The molecule has 77 valence electrons. The second kappa shape index (κ2) is 3.98. The lowest BCUT2D eigenvalue weighted by Gasteiger charge is -2.04. The first-order valence-corrected chi connectivity index (χ1v) is 5.78. The third kappa shape index (κ3) is 1.67. The van der Waals surface area contributed by atoms with Crippen LogP contribution < -0.4 is 0 Å². The van der Waals surface area contributed by atoms with Gasteiger partial charge in [-0.1, -0.05) is 24.3 Å². The Morgan fingerprint density at radius 1 is 1.06 bits per heavy atom. The number of rotatable bonds is 2. The molecule has 0 amide bonds. The molecule has 2 heterocycles.